The second kappa shape index (κ2) is 10.7. The molecule has 0 amide bonds. The van der Waals surface area contributed by atoms with Crippen LogP contribution in [-0.2, 0) is 10.0 Å². The van der Waals surface area contributed by atoms with Crippen molar-refractivity contribution in [2.75, 3.05) is 39.3 Å². The standard InChI is InChI=1S/C14H22ClN3O2S.2ClH/c1-12-11-13(15)3-4-14(12)21(19,20)17-5-2-8-18-9-6-16-7-10-18;;/h3-4,11,16-17H,2,5-10H2,1H3;2*1H. The topological polar surface area (TPSA) is 61.4 Å². The first kappa shape index (κ1) is 22.9. The van der Waals surface area contributed by atoms with Crippen molar-refractivity contribution < 1.29 is 8.42 Å². The predicted octanol–water partition coefficient (Wildman–Crippen LogP) is 2.07. The van der Waals surface area contributed by atoms with Crippen LogP contribution in [0, 0.1) is 6.92 Å². The maximum atomic E-state index is 12.2. The van der Waals surface area contributed by atoms with Gasteiger partial charge in [-0.05, 0) is 43.7 Å². The molecule has 134 valence electrons. The number of nitrogens with one attached hydrogen (secondary N) is 2. The third-order valence-corrected chi connectivity index (χ3v) is 5.44. The number of benzene rings is 1. The largest absolute Gasteiger partial charge is 0.314 e. The number of aryl methyl sites for hydroxylation is 1. The summed E-state index contributed by atoms with van der Waals surface area (Å²) >= 11 is 5.85. The van der Waals surface area contributed by atoms with Gasteiger partial charge in [0.1, 0.15) is 0 Å². The van der Waals surface area contributed by atoms with Crippen molar-refractivity contribution in [1.82, 2.24) is 14.9 Å². The first-order valence-electron chi connectivity index (χ1n) is 7.18. The maximum Gasteiger partial charge on any atom is 0.240 e. The van der Waals surface area contributed by atoms with Crippen LogP contribution in [-0.4, -0.2) is 52.6 Å². The van der Waals surface area contributed by atoms with Gasteiger partial charge in [0.15, 0.2) is 0 Å². The van der Waals surface area contributed by atoms with E-state index >= 15 is 0 Å². The van der Waals surface area contributed by atoms with Crippen LogP contribution in [0.1, 0.15) is 12.0 Å². The Morgan fingerprint density at radius 2 is 1.91 bits per heavy atom. The Morgan fingerprint density at radius 1 is 1.26 bits per heavy atom. The van der Waals surface area contributed by atoms with Gasteiger partial charge in [0.05, 0.1) is 4.90 Å². The van der Waals surface area contributed by atoms with E-state index in [1.807, 2.05) is 0 Å². The lowest BCUT2D eigenvalue weighted by molar-refractivity contribution is 0.239. The fourth-order valence-corrected chi connectivity index (χ4v) is 3.96. The van der Waals surface area contributed by atoms with E-state index in [0.717, 1.165) is 39.1 Å². The van der Waals surface area contributed by atoms with Crippen molar-refractivity contribution >= 4 is 46.4 Å². The van der Waals surface area contributed by atoms with Crippen LogP contribution in [0.3, 0.4) is 0 Å². The van der Waals surface area contributed by atoms with E-state index in [1.54, 1.807) is 25.1 Å². The number of hydrogen-bond acceptors (Lipinski definition) is 4. The van der Waals surface area contributed by atoms with Crippen molar-refractivity contribution in [3.8, 4) is 0 Å². The molecule has 2 N–H and O–H groups in total. The minimum atomic E-state index is -3.45. The zero-order valence-electron chi connectivity index (χ0n) is 13.0. The van der Waals surface area contributed by atoms with Gasteiger partial charge in [-0.2, -0.15) is 0 Å². The summed E-state index contributed by atoms with van der Waals surface area (Å²) in [5.41, 5.74) is 0.664. The molecule has 1 aliphatic heterocycles. The maximum absolute atomic E-state index is 12.2. The molecule has 0 unspecified atom stereocenters. The van der Waals surface area contributed by atoms with Crippen LogP contribution in [0.25, 0.3) is 0 Å². The highest BCUT2D eigenvalue weighted by molar-refractivity contribution is 7.89. The molecule has 9 heteroatoms. The molecule has 1 aliphatic rings. The average Bonchev–Trinajstić information content (AvgIpc) is 2.44. The zero-order chi connectivity index (χ0) is 15.3. The molecule has 0 aliphatic carbocycles. The van der Waals surface area contributed by atoms with Gasteiger partial charge >= 0.3 is 0 Å². The molecule has 0 atom stereocenters. The summed E-state index contributed by atoms with van der Waals surface area (Å²) < 4.78 is 27.1. The zero-order valence-corrected chi connectivity index (χ0v) is 16.3. The van der Waals surface area contributed by atoms with Crippen LogP contribution < -0.4 is 10.0 Å². The van der Waals surface area contributed by atoms with Gasteiger partial charge in [-0.25, -0.2) is 13.1 Å². The molecular formula is C14H24Cl3N3O2S. The number of hydrogen-bond donors (Lipinski definition) is 2. The molecule has 0 aromatic heterocycles. The summed E-state index contributed by atoms with van der Waals surface area (Å²) in [6, 6.07) is 4.82. The number of nitrogens with zero attached hydrogens (tertiary/aromatic N) is 1. The average molecular weight is 405 g/mol. The number of piperazine rings is 1. The molecule has 1 aromatic rings. The van der Waals surface area contributed by atoms with Gasteiger partial charge in [-0.1, -0.05) is 11.6 Å². The van der Waals surface area contributed by atoms with Crippen LogP contribution in [0.2, 0.25) is 5.02 Å². The normalized spacial score (nSPS) is 15.6. The van der Waals surface area contributed by atoms with E-state index in [4.69, 9.17) is 11.6 Å². The quantitative estimate of drug-likeness (QED) is 0.713. The minimum absolute atomic E-state index is 0. The van der Waals surface area contributed by atoms with E-state index in [2.05, 4.69) is 14.9 Å². The third kappa shape index (κ3) is 7.13. The van der Waals surface area contributed by atoms with Crippen molar-refractivity contribution in [2.24, 2.45) is 0 Å². The van der Waals surface area contributed by atoms with Crippen LogP contribution in [0.5, 0.6) is 0 Å². The first-order chi connectivity index (χ1) is 9.99. The molecule has 1 fully saturated rings. The Bertz CT molecular complexity index is 579. The summed E-state index contributed by atoms with van der Waals surface area (Å²) in [4.78, 5) is 2.65. The fraction of sp³-hybridized carbons (Fsp3) is 0.571. The first-order valence-corrected chi connectivity index (χ1v) is 9.04. The molecule has 5 nitrogen and oxygen atoms in total. The summed E-state index contributed by atoms with van der Waals surface area (Å²) in [6.07, 6.45) is 0.811. The summed E-state index contributed by atoms with van der Waals surface area (Å²) in [5, 5.41) is 3.84. The van der Waals surface area contributed by atoms with Crippen LogP contribution >= 0.6 is 36.4 Å². The van der Waals surface area contributed by atoms with E-state index in [0.29, 0.717) is 22.0 Å². The minimum Gasteiger partial charge on any atom is -0.314 e. The van der Waals surface area contributed by atoms with Crippen LogP contribution in [0.4, 0.5) is 0 Å². The Labute approximate surface area is 156 Å². The summed E-state index contributed by atoms with van der Waals surface area (Å²) in [6.45, 7) is 7.21. The van der Waals surface area contributed by atoms with Crippen molar-refractivity contribution in [1.29, 1.82) is 0 Å². The Hall–Kier alpha value is -0.0800. The van der Waals surface area contributed by atoms with Crippen LogP contribution in [0.15, 0.2) is 23.1 Å². The highest BCUT2D eigenvalue weighted by Crippen LogP contribution is 2.19. The number of rotatable bonds is 6. The number of sulfonamides is 1. The highest BCUT2D eigenvalue weighted by Gasteiger charge is 2.16. The lowest BCUT2D eigenvalue weighted by atomic mass is 10.2. The SMILES string of the molecule is Cc1cc(Cl)ccc1S(=O)(=O)NCCCN1CCNCC1.Cl.Cl. The lowest BCUT2D eigenvalue weighted by Gasteiger charge is -2.27. The number of halogens is 3. The predicted molar refractivity (Wildman–Crippen MR) is 99.8 cm³/mol. The second-order valence-corrected chi connectivity index (χ2v) is 7.42. The molecule has 23 heavy (non-hydrogen) atoms. The third-order valence-electron chi connectivity index (χ3n) is 3.58. The van der Waals surface area contributed by atoms with Crippen molar-refractivity contribution in [3.63, 3.8) is 0 Å². The summed E-state index contributed by atoms with van der Waals surface area (Å²) in [5.74, 6) is 0. The second-order valence-electron chi connectivity index (χ2n) is 5.25. The smallest absolute Gasteiger partial charge is 0.240 e. The van der Waals surface area contributed by atoms with E-state index in [1.165, 1.54) is 0 Å². The lowest BCUT2D eigenvalue weighted by Crippen LogP contribution is -2.44. The molecule has 0 spiro atoms. The Balaban J connectivity index is 0.00000242. The molecule has 0 bridgehead atoms. The molecular weight excluding hydrogens is 381 g/mol. The fourth-order valence-electron chi connectivity index (χ4n) is 2.44. The molecule has 0 radical (unpaired) electrons. The van der Waals surface area contributed by atoms with Crippen molar-refractivity contribution in [3.05, 3.63) is 28.8 Å². The van der Waals surface area contributed by atoms with Gasteiger partial charge in [-0.3, -0.25) is 0 Å². The summed E-state index contributed by atoms with van der Waals surface area (Å²) in [7, 11) is -3.45. The molecule has 2 rings (SSSR count). The van der Waals surface area contributed by atoms with Gasteiger partial charge in [-0.15, -0.1) is 24.8 Å². The monoisotopic (exact) mass is 403 g/mol. The van der Waals surface area contributed by atoms with E-state index in [-0.39, 0.29) is 24.8 Å². The van der Waals surface area contributed by atoms with Gasteiger partial charge in [0, 0.05) is 37.7 Å². The molecule has 1 aromatic carbocycles. The Morgan fingerprint density at radius 3 is 2.52 bits per heavy atom. The van der Waals surface area contributed by atoms with E-state index < -0.39 is 10.0 Å². The van der Waals surface area contributed by atoms with Crippen molar-refractivity contribution in [2.45, 2.75) is 18.2 Å². The van der Waals surface area contributed by atoms with Gasteiger partial charge in [0.25, 0.3) is 0 Å². The van der Waals surface area contributed by atoms with Gasteiger partial charge < -0.3 is 10.2 Å². The van der Waals surface area contributed by atoms with Gasteiger partial charge in [0.2, 0.25) is 10.0 Å². The molecule has 1 heterocycles. The molecule has 1 saturated heterocycles. The molecule has 0 saturated carbocycles. The van der Waals surface area contributed by atoms with E-state index in [9.17, 15) is 8.42 Å². The Kier molecular flexibility index (Phi) is 10.7. The highest BCUT2D eigenvalue weighted by atomic mass is 35.5.